The van der Waals surface area contributed by atoms with Crippen LogP contribution in [0, 0.1) is 0 Å². The highest BCUT2D eigenvalue weighted by Gasteiger charge is 2.28. The lowest BCUT2D eigenvalue weighted by atomic mass is 10.1. The van der Waals surface area contributed by atoms with Gasteiger partial charge in [-0.3, -0.25) is 4.79 Å². The van der Waals surface area contributed by atoms with Gasteiger partial charge in [-0.25, -0.2) is 9.78 Å². The Hall–Kier alpha value is -2.89. The van der Waals surface area contributed by atoms with Crippen LogP contribution >= 0.6 is 0 Å². The molecule has 2 aromatic rings. The van der Waals surface area contributed by atoms with Crippen molar-refractivity contribution in [3.8, 4) is 0 Å². The number of esters is 1. The van der Waals surface area contributed by atoms with Crippen molar-refractivity contribution in [1.29, 1.82) is 0 Å². The van der Waals surface area contributed by atoms with E-state index in [4.69, 9.17) is 4.74 Å². The van der Waals surface area contributed by atoms with E-state index in [0.717, 1.165) is 11.3 Å². The largest absolute Gasteiger partial charge is 0.464 e. The average molecular weight is 341 g/mol. The van der Waals surface area contributed by atoms with Crippen LogP contribution in [0.15, 0.2) is 55.0 Å². The Morgan fingerprint density at radius 2 is 2.08 bits per heavy atom. The number of imidazole rings is 1. The molecule has 0 fully saturated rings. The first kappa shape index (κ1) is 18.4. The summed E-state index contributed by atoms with van der Waals surface area (Å²) in [6.07, 6.45) is 7.21. The summed E-state index contributed by atoms with van der Waals surface area (Å²) in [6.45, 7) is 2.03. The van der Waals surface area contributed by atoms with Crippen LogP contribution in [0.25, 0.3) is 0 Å². The lowest BCUT2D eigenvalue weighted by Gasteiger charge is -2.25. The molecule has 6 nitrogen and oxygen atoms in total. The fraction of sp³-hybridized carbons (Fsp3) is 0.316. The van der Waals surface area contributed by atoms with Crippen LogP contribution in [-0.2, 0) is 27.2 Å². The molecule has 0 aliphatic heterocycles. The molecule has 0 unspecified atom stereocenters. The lowest BCUT2D eigenvalue weighted by molar-refractivity contribution is -0.153. The Morgan fingerprint density at radius 3 is 2.72 bits per heavy atom. The summed E-state index contributed by atoms with van der Waals surface area (Å²) in [5, 5.41) is 0. The van der Waals surface area contributed by atoms with Gasteiger partial charge in [-0.2, -0.15) is 0 Å². The van der Waals surface area contributed by atoms with E-state index in [1.807, 2.05) is 30.3 Å². The van der Waals surface area contributed by atoms with Gasteiger partial charge in [0.1, 0.15) is 6.04 Å². The summed E-state index contributed by atoms with van der Waals surface area (Å²) in [5.41, 5.74) is 1.86. The van der Waals surface area contributed by atoms with Gasteiger partial charge in [-0.05, 0) is 18.6 Å². The van der Waals surface area contributed by atoms with Gasteiger partial charge in [0.2, 0.25) is 5.91 Å². The second-order valence-electron chi connectivity index (χ2n) is 5.65. The van der Waals surface area contributed by atoms with Crippen LogP contribution < -0.4 is 0 Å². The molecule has 2 rings (SSSR count). The second kappa shape index (κ2) is 9.42. The third-order valence-corrected chi connectivity index (χ3v) is 3.84. The minimum absolute atomic E-state index is 0.243. The van der Waals surface area contributed by atoms with Crippen molar-refractivity contribution in [2.45, 2.75) is 25.8 Å². The maximum atomic E-state index is 12.5. The standard InChI is InChI=1S/C19H23N3O3/c1-3-7-18(23)22(2)17(12-16-13-20-14-21-16)19(24)25-11-10-15-8-5-4-6-9-15/h3-9,13-14,17H,10-12H2,1-2H3,(H,20,21)/t17-/m0/s1. The lowest BCUT2D eigenvalue weighted by Crippen LogP contribution is -2.44. The molecule has 132 valence electrons. The molecule has 1 amide bonds. The number of hydrogen-bond donors (Lipinski definition) is 1. The monoisotopic (exact) mass is 341 g/mol. The van der Waals surface area contributed by atoms with Crippen LogP contribution in [0.2, 0.25) is 0 Å². The Morgan fingerprint density at radius 1 is 1.32 bits per heavy atom. The summed E-state index contributed by atoms with van der Waals surface area (Å²) >= 11 is 0. The Kier molecular flexibility index (Phi) is 6.95. The molecule has 0 aliphatic carbocycles. The summed E-state index contributed by atoms with van der Waals surface area (Å²) in [5.74, 6) is -0.669. The molecular formula is C19H23N3O3. The highest BCUT2D eigenvalue weighted by atomic mass is 16.5. The third kappa shape index (κ3) is 5.60. The predicted molar refractivity (Wildman–Crippen MR) is 94.8 cm³/mol. The van der Waals surface area contributed by atoms with Gasteiger partial charge in [0.25, 0.3) is 0 Å². The van der Waals surface area contributed by atoms with Crippen molar-refractivity contribution in [3.05, 3.63) is 66.3 Å². The minimum atomic E-state index is -0.708. The summed E-state index contributed by atoms with van der Waals surface area (Å²) in [6, 6.07) is 9.09. The van der Waals surface area contributed by atoms with Gasteiger partial charge in [-0.15, -0.1) is 0 Å². The van der Waals surface area contributed by atoms with Crippen LogP contribution in [0.4, 0.5) is 0 Å². The Balaban J connectivity index is 2.00. The number of carbonyl (C=O) groups is 2. The number of aromatic nitrogens is 2. The highest BCUT2D eigenvalue weighted by Crippen LogP contribution is 2.09. The highest BCUT2D eigenvalue weighted by molar-refractivity contribution is 5.91. The average Bonchev–Trinajstić information content (AvgIpc) is 3.13. The third-order valence-electron chi connectivity index (χ3n) is 3.84. The molecule has 0 saturated carbocycles. The molecule has 0 saturated heterocycles. The van der Waals surface area contributed by atoms with E-state index >= 15 is 0 Å². The molecule has 1 aromatic carbocycles. The number of nitrogens with one attached hydrogen (secondary N) is 1. The first-order chi connectivity index (χ1) is 12.1. The van der Waals surface area contributed by atoms with Crippen molar-refractivity contribution < 1.29 is 14.3 Å². The van der Waals surface area contributed by atoms with Crippen LogP contribution in [0.3, 0.4) is 0 Å². The van der Waals surface area contributed by atoms with Crippen molar-refractivity contribution in [2.75, 3.05) is 13.7 Å². The van der Waals surface area contributed by atoms with Crippen molar-refractivity contribution >= 4 is 11.9 Å². The molecule has 0 spiro atoms. The normalized spacial score (nSPS) is 12.1. The Bertz CT molecular complexity index is 696. The molecule has 0 aliphatic rings. The van der Waals surface area contributed by atoms with E-state index in [9.17, 15) is 9.59 Å². The van der Waals surface area contributed by atoms with E-state index in [2.05, 4.69) is 9.97 Å². The number of nitrogens with zero attached hydrogens (tertiary/aromatic N) is 2. The zero-order chi connectivity index (χ0) is 18.1. The number of H-pyrrole nitrogens is 1. The van der Waals surface area contributed by atoms with Crippen molar-refractivity contribution in [3.63, 3.8) is 0 Å². The quantitative estimate of drug-likeness (QED) is 0.590. The maximum absolute atomic E-state index is 12.5. The summed E-state index contributed by atoms with van der Waals surface area (Å²) in [4.78, 5) is 33.0. The molecular weight excluding hydrogens is 318 g/mol. The van der Waals surface area contributed by atoms with E-state index in [0.29, 0.717) is 12.8 Å². The van der Waals surface area contributed by atoms with Crippen molar-refractivity contribution in [1.82, 2.24) is 14.9 Å². The molecule has 1 N–H and O–H groups in total. The summed E-state index contributed by atoms with van der Waals surface area (Å²) in [7, 11) is 1.60. The van der Waals surface area contributed by atoms with Gasteiger partial charge >= 0.3 is 5.97 Å². The maximum Gasteiger partial charge on any atom is 0.329 e. The molecule has 1 aromatic heterocycles. The number of amides is 1. The fourth-order valence-corrected chi connectivity index (χ4v) is 2.41. The predicted octanol–water partition coefficient (Wildman–Crippen LogP) is 2.14. The van der Waals surface area contributed by atoms with Gasteiger partial charge in [0.05, 0.1) is 12.9 Å². The molecule has 0 radical (unpaired) electrons. The molecule has 1 atom stereocenters. The summed E-state index contributed by atoms with van der Waals surface area (Å²) < 4.78 is 5.42. The van der Waals surface area contributed by atoms with Crippen LogP contribution in [0.5, 0.6) is 0 Å². The first-order valence-electron chi connectivity index (χ1n) is 8.19. The number of benzene rings is 1. The number of ether oxygens (including phenoxy) is 1. The number of hydrogen-bond acceptors (Lipinski definition) is 4. The SMILES string of the molecule is CC=CC(=O)N(C)[C@@H](Cc1cnc[nH]1)C(=O)OCCc1ccccc1. The topological polar surface area (TPSA) is 75.3 Å². The molecule has 1 heterocycles. The smallest absolute Gasteiger partial charge is 0.329 e. The number of aromatic amines is 1. The zero-order valence-electron chi connectivity index (χ0n) is 14.5. The van der Waals surface area contributed by atoms with E-state index in [1.54, 1.807) is 32.6 Å². The van der Waals surface area contributed by atoms with Crippen LogP contribution in [0.1, 0.15) is 18.2 Å². The second-order valence-corrected chi connectivity index (χ2v) is 5.65. The van der Waals surface area contributed by atoms with Crippen LogP contribution in [-0.4, -0.2) is 46.4 Å². The van der Waals surface area contributed by atoms with Crippen molar-refractivity contribution in [2.24, 2.45) is 0 Å². The molecule has 0 bridgehead atoms. The first-order valence-corrected chi connectivity index (χ1v) is 8.19. The van der Waals surface area contributed by atoms with Gasteiger partial charge in [0.15, 0.2) is 0 Å². The fourth-order valence-electron chi connectivity index (χ4n) is 2.41. The molecule has 6 heteroatoms. The van der Waals surface area contributed by atoms with E-state index < -0.39 is 12.0 Å². The van der Waals surface area contributed by atoms with E-state index in [1.165, 1.54) is 11.0 Å². The van der Waals surface area contributed by atoms with Gasteiger partial charge < -0.3 is 14.6 Å². The Labute approximate surface area is 147 Å². The number of carbonyl (C=O) groups excluding carboxylic acids is 2. The van der Waals surface area contributed by atoms with Gasteiger partial charge in [-0.1, -0.05) is 36.4 Å². The molecule has 25 heavy (non-hydrogen) atoms. The number of allylic oxidation sites excluding steroid dienone is 1. The van der Waals surface area contributed by atoms with E-state index in [-0.39, 0.29) is 12.5 Å². The number of rotatable bonds is 8. The number of likely N-dealkylation sites (N-methyl/N-ethyl adjacent to an activating group) is 1. The zero-order valence-corrected chi connectivity index (χ0v) is 14.5. The van der Waals surface area contributed by atoms with Gasteiger partial charge in [0, 0.05) is 31.8 Å². The minimum Gasteiger partial charge on any atom is -0.464 e.